The monoisotopic (exact) mass is 478 g/mol. The SMILES string of the molecule is COC(=O)c1nc(Br)c2c(c1O)C=C(c1ccccc1)CN2C(C=O)c1ccccc1. The molecule has 3 aromatic rings. The van der Waals surface area contributed by atoms with Crippen molar-refractivity contribution in [3.05, 3.63) is 87.7 Å². The van der Waals surface area contributed by atoms with Crippen molar-refractivity contribution in [3.63, 3.8) is 0 Å². The maximum absolute atomic E-state index is 12.2. The van der Waals surface area contributed by atoms with E-state index in [4.69, 9.17) is 4.74 Å². The van der Waals surface area contributed by atoms with Gasteiger partial charge in [-0.25, -0.2) is 9.78 Å². The number of hydrogen-bond donors (Lipinski definition) is 1. The van der Waals surface area contributed by atoms with E-state index in [2.05, 4.69) is 20.9 Å². The molecule has 0 saturated heterocycles. The summed E-state index contributed by atoms with van der Waals surface area (Å²) in [5, 5.41) is 10.9. The van der Waals surface area contributed by atoms with Crippen LogP contribution in [0.3, 0.4) is 0 Å². The lowest BCUT2D eigenvalue weighted by molar-refractivity contribution is -0.109. The van der Waals surface area contributed by atoms with E-state index in [1.807, 2.05) is 71.6 Å². The standard InChI is InChI=1S/C24H19BrN2O4/c1-31-24(30)20-22(29)18-12-17(15-8-4-2-5-9-15)13-27(21(18)23(25)26-20)19(14-28)16-10-6-3-7-11-16/h2-12,14,19,29H,13H2,1H3. The normalized spacial score (nSPS) is 13.7. The molecule has 7 heteroatoms. The molecular weight excluding hydrogens is 460 g/mol. The first-order valence-corrected chi connectivity index (χ1v) is 10.4. The van der Waals surface area contributed by atoms with E-state index < -0.39 is 12.0 Å². The summed E-state index contributed by atoms with van der Waals surface area (Å²) in [6.45, 7) is 0.409. The lowest BCUT2D eigenvalue weighted by atomic mass is 9.94. The van der Waals surface area contributed by atoms with Gasteiger partial charge >= 0.3 is 5.97 Å². The number of carbonyl (C=O) groups is 2. The van der Waals surface area contributed by atoms with Crippen molar-refractivity contribution >= 4 is 45.5 Å². The van der Waals surface area contributed by atoms with Gasteiger partial charge in [-0.1, -0.05) is 60.7 Å². The van der Waals surface area contributed by atoms with Gasteiger partial charge in [0.25, 0.3) is 0 Å². The minimum Gasteiger partial charge on any atom is -0.505 e. The highest BCUT2D eigenvalue weighted by Crippen LogP contribution is 2.45. The Bertz CT molecular complexity index is 1160. The van der Waals surface area contributed by atoms with Gasteiger partial charge in [-0.3, -0.25) is 0 Å². The Labute approximate surface area is 187 Å². The van der Waals surface area contributed by atoms with Crippen molar-refractivity contribution < 1.29 is 19.4 Å². The Hall–Kier alpha value is -3.45. The summed E-state index contributed by atoms with van der Waals surface area (Å²) in [4.78, 5) is 30.5. The molecule has 31 heavy (non-hydrogen) atoms. The number of hydrogen-bond acceptors (Lipinski definition) is 6. The molecule has 0 radical (unpaired) electrons. The van der Waals surface area contributed by atoms with Crippen LogP contribution < -0.4 is 4.90 Å². The summed E-state index contributed by atoms with van der Waals surface area (Å²) in [5.74, 6) is -1.04. The first-order valence-electron chi connectivity index (χ1n) is 9.58. The maximum atomic E-state index is 12.2. The molecule has 1 aliphatic rings. The molecule has 0 saturated carbocycles. The molecule has 1 N–H and O–H groups in total. The van der Waals surface area contributed by atoms with Crippen molar-refractivity contribution in [1.29, 1.82) is 0 Å². The summed E-state index contributed by atoms with van der Waals surface area (Å²) in [6, 6.07) is 18.5. The molecule has 4 rings (SSSR count). The fourth-order valence-electron chi connectivity index (χ4n) is 3.73. The molecule has 0 amide bonds. The average Bonchev–Trinajstić information content (AvgIpc) is 2.82. The highest BCUT2D eigenvalue weighted by molar-refractivity contribution is 9.10. The number of aldehydes is 1. The number of methoxy groups -OCH3 is 1. The van der Waals surface area contributed by atoms with E-state index in [0.29, 0.717) is 22.4 Å². The topological polar surface area (TPSA) is 79.7 Å². The smallest absolute Gasteiger partial charge is 0.360 e. The molecular formula is C24H19BrN2O4. The fraction of sp³-hybridized carbons (Fsp3) is 0.125. The first kappa shape index (κ1) is 20.8. The number of esters is 1. The summed E-state index contributed by atoms with van der Waals surface area (Å²) in [7, 11) is 1.23. The largest absolute Gasteiger partial charge is 0.505 e. The van der Waals surface area contributed by atoms with Crippen LogP contribution in [0.5, 0.6) is 5.75 Å². The molecule has 156 valence electrons. The van der Waals surface area contributed by atoms with Crippen LogP contribution in [-0.4, -0.2) is 36.0 Å². The Balaban J connectivity index is 1.95. The van der Waals surface area contributed by atoms with Gasteiger partial charge in [0.05, 0.1) is 12.8 Å². The third kappa shape index (κ3) is 3.84. The van der Waals surface area contributed by atoms with Gasteiger partial charge in [-0.15, -0.1) is 0 Å². The summed E-state index contributed by atoms with van der Waals surface area (Å²) in [5.41, 5.74) is 3.38. The maximum Gasteiger partial charge on any atom is 0.360 e. The summed E-state index contributed by atoms with van der Waals surface area (Å²) < 4.78 is 5.11. The van der Waals surface area contributed by atoms with E-state index in [0.717, 1.165) is 23.0 Å². The van der Waals surface area contributed by atoms with Crippen LogP contribution in [0.4, 0.5) is 5.69 Å². The molecule has 6 nitrogen and oxygen atoms in total. The van der Waals surface area contributed by atoms with Crippen molar-refractivity contribution in [2.75, 3.05) is 18.6 Å². The zero-order valence-electron chi connectivity index (χ0n) is 16.7. The number of halogens is 1. The second-order valence-corrected chi connectivity index (χ2v) is 7.76. The van der Waals surface area contributed by atoms with Crippen LogP contribution in [0.1, 0.15) is 33.2 Å². The van der Waals surface area contributed by atoms with E-state index in [1.54, 1.807) is 0 Å². The number of carbonyl (C=O) groups excluding carboxylic acids is 2. The Morgan fingerprint density at radius 1 is 1.16 bits per heavy atom. The number of fused-ring (bicyclic) bond motifs is 1. The van der Waals surface area contributed by atoms with Crippen molar-refractivity contribution in [3.8, 4) is 5.75 Å². The van der Waals surface area contributed by atoms with Gasteiger partial charge in [0.2, 0.25) is 0 Å². The molecule has 0 spiro atoms. The molecule has 1 atom stereocenters. The van der Waals surface area contributed by atoms with Gasteiger partial charge in [0.1, 0.15) is 16.9 Å². The number of aromatic hydroxyl groups is 1. The van der Waals surface area contributed by atoms with Crippen LogP contribution in [0, 0.1) is 0 Å². The second kappa shape index (κ2) is 8.73. The summed E-state index contributed by atoms with van der Waals surface area (Å²) >= 11 is 3.43. The molecule has 1 unspecified atom stereocenters. The number of benzene rings is 2. The number of nitrogens with zero attached hydrogens (tertiary/aromatic N) is 2. The van der Waals surface area contributed by atoms with Crippen LogP contribution in [0.2, 0.25) is 0 Å². The Kier molecular flexibility index (Phi) is 5.86. The predicted molar refractivity (Wildman–Crippen MR) is 122 cm³/mol. The fourth-order valence-corrected chi connectivity index (χ4v) is 4.35. The molecule has 0 fully saturated rings. The van der Waals surface area contributed by atoms with E-state index in [-0.39, 0.29) is 11.4 Å². The van der Waals surface area contributed by atoms with Gasteiger partial charge in [-0.05, 0) is 38.7 Å². The highest BCUT2D eigenvalue weighted by Gasteiger charge is 2.33. The minimum atomic E-state index is -0.747. The Morgan fingerprint density at radius 2 is 1.81 bits per heavy atom. The van der Waals surface area contributed by atoms with Crippen LogP contribution in [0.25, 0.3) is 11.6 Å². The van der Waals surface area contributed by atoms with E-state index >= 15 is 0 Å². The summed E-state index contributed by atoms with van der Waals surface area (Å²) in [6.07, 6.45) is 2.69. The van der Waals surface area contributed by atoms with Crippen molar-refractivity contribution in [2.45, 2.75) is 6.04 Å². The van der Waals surface area contributed by atoms with Gasteiger partial charge in [0.15, 0.2) is 11.4 Å². The number of ether oxygens (including phenoxy) is 1. The van der Waals surface area contributed by atoms with E-state index in [9.17, 15) is 14.7 Å². The van der Waals surface area contributed by atoms with E-state index in [1.165, 1.54) is 7.11 Å². The minimum absolute atomic E-state index is 0.194. The number of aromatic nitrogens is 1. The molecule has 0 bridgehead atoms. The second-order valence-electron chi connectivity index (χ2n) is 7.01. The zero-order valence-corrected chi connectivity index (χ0v) is 18.2. The van der Waals surface area contributed by atoms with Gasteiger partial charge < -0.3 is 19.5 Å². The molecule has 1 aliphatic heterocycles. The third-order valence-corrected chi connectivity index (χ3v) is 5.77. The predicted octanol–water partition coefficient (Wildman–Crippen LogP) is 4.64. The quantitative estimate of drug-likeness (QED) is 0.327. The zero-order chi connectivity index (χ0) is 22.0. The number of anilines is 1. The molecule has 0 aliphatic carbocycles. The molecule has 2 aromatic carbocycles. The average molecular weight is 479 g/mol. The van der Waals surface area contributed by atoms with Crippen LogP contribution in [0.15, 0.2) is 65.3 Å². The highest BCUT2D eigenvalue weighted by atomic mass is 79.9. The molecule has 2 heterocycles. The van der Waals surface area contributed by atoms with Gasteiger partial charge in [0, 0.05) is 12.1 Å². The van der Waals surface area contributed by atoms with Crippen LogP contribution >= 0.6 is 15.9 Å². The lowest BCUT2D eigenvalue weighted by Gasteiger charge is -2.36. The molecule has 1 aromatic heterocycles. The first-order chi connectivity index (χ1) is 15.0. The van der Waals surface area contributed by atoms with Gasteiger partial charge in [-0.2, -0.15) is 0 Å². The lowest BCUT2D eigenvalue weighted by Crippen LogP contribution is -2.34. The number of pyridine rings is 1. The third-order valence-electron chi connectivity index (χ3n) is 5.22. The van der Waals surface area contributed by atoms with Crippen molar-refractivity contribution in [2.24, 2.45) is 0 Å². The Morgan fingerprint density at radius 3 is 2.42 bits per heavy atom. The number of rotatable bonds is 5. The van der Waals surface area contributed by atoms with Crippen LogP contribution in [-0.2, 0) is 9.53 Å². The van der Waals surface area contributed by atoms with Crippen molar-refractivity contribution in [1.82, 2.24) is 4.98 Å².